The Kier molecular flexibility index (Phi) is 6.21. The average Bonchev–Trinajstić information content (AvgIpc) is 2.61. The van der Waals surface area contributed by atoms with Gasteiger partial charge in [0.1, 0.15) is 0 Å². The van der Waals surface area contributed by atoms with Crippen molar-refractivity contribution in [2.75, 3.05) is 19.0 Å². The quantitative estimate of drug-likeness (QED) is 0.779. The van der Waals surface area contributed by atoms with Gasteiger partial charge in [0.25, 0.3) is 0 Å². The number of ether oxygens (including phenoxy) is 1. The number of aliphatic imine (C=N–C) groups is 1. The van der Waals surface area contributed by atoms with Crippen molar-refractivity contribution in [3.63, 3.8) is 0 Å². The number of thioether (sulfide) groups is 1. The predicted molar refractivity (Wildman–Crippen MR) is 72.2 cm³/mol. The number of rotatable bonds is 6. The molecule has 0 spiro atoms. The van der Waals surface area contributed by atoms with Crippen molar-refractivity contribution < 1.29 is 4.74 Å². The van der Waals surface area contributed by atoms with Crippen molar-refractivity contribution in [1.29, 1.82) is 0 Å². The molecule has 3 nitrogen and oxygen atoms in total. The molecule has 0 aromatic carbocycles. The molecule has 2 unspecified atom stereocenters. The Bertz CT molecular complexity index is 231. The predicted octanol–water partition coefficient (Wildman–Crippen LogP) is 2.52. The van der Waals surface area contributed by atoms with E-state index in [1.54, 1.807) is 0 Å². The highest BCUT2D eigenvalue weighted by Crippen LogP contribution is 2.21. The van der Waals surface area contributed by atoms with Crippen LogP contribution in [0, 0.1) is 5.92 Å². The number of nitrogens with zero attached hydrogens (tertiary/aromatic N) is 1. The van der Waals surface area contributed by atoms with Gasteiger partial charge in [0.15, 0.2) is 5.17 Å². The van der Waals surface area contributed by atoms with Gasteiger partial charge >= 0.3 is 0 Å². The Morgan fingerprint density at radius 2 is 2.25 bits per heavy atom. The number of hydrogen-bond donors (Lipinski definition) is 1. The first-order valence-corrected chi connectivity index (χ1v) is 7.15. The Morgan fingerprint density at radius 3 is 2.88 bits per heavy atom. The highest BCUT2D eigenvalue weighted by atomic mass is 32.2. The largest absolute Gasteiger partial charge is 0.380 e. The molecular formula is C12H24N2OS. The molecule has 0 fully saturated rings. The molecule has 1 N–H and O–H groups in total. The summed E-state index contributed by atoms with van der Waals surface area (Å²) in [6.07, 6.45) is 1.19. The van der Waals surface area contributed by atoms with Crippen molar-refractivity contribution in [2.45, 2.75) is 46.2 Å². The summed E-state index contributed by atoms with van der Waals surface area (Å²) in [6.45, 7) is 10.2. The lowest BCUT2D eigenvalue weighted by Crippen LogP contribution is -2.33. The number of nitrogens with one attached hydrogen (secondary N) is 1. The molecule has 4 heteroatoms. The molecule has 0 saturated carbocycles. The van der Waals surface area contributed by atoms with Gasteiger partial charge < -0.3 is 10.1 Å². The Morgan fingerprint density at radius 1 is 1.50 bits per heavy atom. The molecule has 0 aromatic heterocycles. The summed E-state index contributed by atoms with van der Waals surface area (Å²) < 4.78 is 5.37. The van der Waals surface area contributed by atoms with Crippen LogP contribution in [0.4, 0.5) is 0 Å². The first-order chi connectivity index (χ1) is 7.61. The van der Waals surface area contributed by atoms with E-state index in [0.29, 0.717) is 12.1 Å². The smallest absolute Gasteiger partial charge is 0.157 e. The topological polar surface area (TPSA) is 33.6 Å². The third kappa shape index (κ3) is 5.21. The van der Waals surface area contributed by atoms with Crippen LogP contribution in [-0.2, 0) is 4.74 Å². The zero-order chi connectivity index (χ0) is 12.0. The molecule has 0 bridgehead atoms. The van der Waals surface area contributed by atoms with Crippen LogP contribution in [-0.4, -0.2) is 36.2 Å². The molecular weight excluding hydrogens is 220 g/mol. The van der Waals surface area contributed by atoms with Gasteiger partial charge in [-0.3, -0.25) is 4.99 Å². The van der Waals surface area contributed by atoms with E-state index in [0.717, 1.165) is 30.1 Å². The lowest BCUT2D eigenvalue weighted by Gasteiger charge is -2.13. The molecule has 1 heterocycles. The van der Waals surface area contributed by atoms with Gasteiger partial charge in [0.05, 0.1) is 12.6 Å². The molecule has 0 saturated heterocycles. The van der Waals surface area contributed by atoms with Crippen molar-refractivity contribution >= 4 is 16.9 Å². The monoisotopic (exact) mass is 244 g/mol. The molecule has 1 aliphatic rings. The van der Waals surface area contributed by atoms with Crippen LogP contribution in [0.2, 0.25) is 0 Å². The summed E-state index contributed by atoms with van der Waals surface area (Å²) in [5.74, 6) is 1.86. The van der Waals surface area contributed by atoms with Crippen LogP contribution in [0.15, 0.2) is 4.99 Å². The summed E-state index contributed by atoms with van der Waals surface area (Å²) in [4.78, 5) is 4.69. The van der Waals surface area contributed by atoms with E-state index in [1.165, 1.54) is 6.42 Å². The van der Waals surface area contributed by atoms with Crippen LogP contribution in [0.5, 0.6) is 0 Å². The van der Waals surface area contributed by atoms with E-state index in [-0.39, 0.29) is 0 Å². The fraction of sp³-hybridized carbons (Fsp3) is 0.917. The van der Waals surface area contributed by atoms with Crippen LogP contribution >= 0.6 is 11.8 Å². The molecule has 1 rings (SSSR count). The summed E-state index contributed by atoms with van der Waals surface area (Å²) in [6, 6.07) is 0.857. The zero-order valence-corrected chi connectivity index (χ0v) is 11.6. The molecule has 0 amide bonds. The van der Waals surface area contributed by atoms with Gasteiger partial charge in [-0.05, 0) is 26.2 Å². The van der Waals surface area contributed by atoms with Crippen molar-refractivity contribution in [3.05, 3.63) is 0 Å². The van der Waals surface area contributed by atoms with E-state index in [4.69, 9.17) is 4.74 Å². The summed E-state index contributed by atoms with van der Waals surface area (Å²) in [5, 5.41) is 4.50. The van der Waals surface area contributed by atoms with Crippen molar-refractivity contribution in [1.82, 2.24) is 5.32 Å². The molecule has 0 aromatic rings. The second kappa shape index (κ2) is 7.17. The molecule has 16 heavy (non-hydrogen) atoms. The molecule has 0 aliphatic carbocycles. The Labute approximate surface area is 103 Å². The molecule has 0 radical (unpaired) electrons. The maximum atomic E-state index is 5.37. The number of hydrogen-bond acceptors (Lipinski definition) is 4. The fourth-order valence-corrected chi connectivity index (χ4v) is 2.78. The van der Waals surface area contributed by atoms with E-state index in [2.05, 4.69) is 31.1 Å². The minimum absolute atomic E-state index is 0.351. The van der Waals surface area contributed by atoms with Crippen molar-refractivity contribution in [2.24, 2.45) is 10.9 Å². The summed E-state index contributed by atoms with van der Waals surface area (Å²) in [7, 11) is 0. The maximum Gasteiger partial charge on any atom is 0.157 e. The fourth-order valence-electron chi connectivity index (χ4n) is 1.71. The third-order valence-electron chi connectivity index (χ3n) is 2.40. The number of amidine groups is 1. The summed E-state index contributed by atoms with van der Waals surface area (Å²) >= 11 is 1.84. The minimum Gasteiger partial charge on any atom is -0.380 e. The van der Waals surface area contributed by atoms with Crippen LogP contribution < -0.4 is 5.32 Å². The SMILES string of the molecule is CCOCC(C)NC1=NC(CC(C)C)CS1. The van der Waals surface area contributed by atoms with Gasteiger partial charge in [0, 0.05) is 18.4 Å². The van der Waals surface area contributed by atoms with Gasteiger partial charge in [-0.15, -0.1) is 0 Å². The van der Waals surface area contributed by atoms with Gasteiger partial charge in [-0.25, -0.2) is 0 Å². The third-order valence-corrected chi connectivity index (χ3v) is 3.45. The zero-order valence-electron chi connectivity index (χ0n) is 10.8. The normalized spacial score (nSPS) is 22.3. The van der Waals surface area contributed by atoms with E-state index in [1.807, 2.05) is 18.7 Å². The standard InChI is InChI=1S/C12H24N2OS/c1-5-15-7-10(4)13-12-14-11(8-16-12)6-9(2)3/h9-11H,5-8H2,1-4H3,(H,13,14). The highest BCUT2D eigenvalue weighted by molar-refractivity contribution is 8.14. The summed E-state index contributed by atoms with van der Waals surface area (Å²) in [5.41, 5.74) is 0. The van der Waals surface area contributed by atoms with Gasteiger partial charge in [0.2, 0.25) is 0 Å². The van der Waals surface area contributed by atoms with Gasteiger partial charge in [-0.1, -0.05) is 25.6 Å². The van der Waals surface area contributed by atoms with Crippen LogP contribution in [0.25, 0.3) is 0 Å². The van der Waals surface area contributed by atoms with E-state index >= 15 is 0 Å². The molecule has 1 aliphatic heterocycles. The average molecular weight is 244 g/mol. The second-order valence-corrected chi connectivity index (χ2v) is 5.74. The van der Waals surface area contributed by atoms with E-state index < -0.39 is 0 Å². The van der Waals surface area contributed by atoms with E-state index in [9.17, 15) is 0 Å². The lowest BCUT2D eigenvalue weighted by atomic mass is 10.1. The maximum absolute atomic E-state index is 5.37. The van der Waals surface area contributed by atoms with Gasteiger partial charge in [-0.2, -0.15) is 0 Å². The first kappa shape index (κ1) is 13.8. The Balaban J connectivity index is 2.27. The molecule has 2 atom stereocenters. The first-order valence-electron chi connectivity index (χ1n) is 6.16. The van der Waals surface area contributed by atoms with Crippen LogP contribution in [0.3, 0.4) is 0 Å². The lowest BCUT2D eigenvalue weighted by molar-refractivity contribution is 0.133. The second-order valence-electron chi connectivity index (χ2n) is 4.73. The van der Waals surface area contributed by atoms with Crippen LogP contribution in [0.1, 0.15) is 34.1 Å². The highest BCUT2D eigenvalue weighted by Gasteiger charge is 2.20. The Hall–Kier alpha value is -0.220. The van der Waals surface area contributed by atoms with Crippen molar-refractivity contribution in [3.8, 4) is 0 Å². The molecule has 94 valence electrons. The minimum atomic E-state index is 0.351.